The SMILES string of the molecule is C[N+]1(CCCC(=O)NCCSSCCNC(=O)CCC[n+]2ccc(/C=C/c3ccc(N(CCO)CCO)cc3)cc2)C=CC(/C=C/c2ccc(N(CCO)CCO)cc2)=CC1. The number of aliphatic hydroxyl groups excluding tert-OH is 4. The van der Waals surface area contributed by atoms with Crippen molar-refractivity contribution in [2.24, 2.45) is 0 Å². The lowest BCUT2D eigenvalue weighted by Crippen LogP contribution is -2.41. The van der Waals surface area contributed by atoms with Gasteiger partial charge in [0.15, 0.2) is 12.4 Å². The van der Waals surface area contributed by atoms with E-state index < -0.39 is 0 Å². The van der Waals surface area contributed by atoms with Crippen molar-refractivity contribution in [2.75, 3.05) is 107 Å². The third-order valence-corrected chi connectivity index (χ3v) is 12.6. The molecule has 1 aliphatic rings. The van der Waals surface area contributed by atoms with E-state index in [4.69, 9.17) is 0 Å². The van der Waals surface area contributed by atoms with Crippen molar-refractivity contribution < 1.29 is 39.1 Å². The minimum absolute atomic E-state index is 0.0377. The number of quaternary nitrogens is 1. The number of aromatic nitrogens is 1. The summed E-state index contributed by atoms with van der Waals surface area (Å²) >= 11 is 0. The van der Waals surface area contributed by atoms with Crippen molar-refractivity contribution in [3.8, 4) is 0 Å². The van der Waals surface area contributed by atoms with E-state index in [0.29, 0.717) is 52.1 Å². The molecule has 0 saturated carbocycles. The molecule has 330 valence electrons. The fraction of sp³-hybridized carbons (Fsp3) is 0.426. The molecule has 4 rings (SSSR count). The smallest absolute Gasteiger partial charge is 0.220 e. The summed E-state index contributed by atoms with van der Waals surface area (Å²) in [4.78, 5) is 28.7. The zero-order valence-corrected chi connectivity index (χ0v) is 37.2. The first-order valence-electron chi connectivity index (χ1n) is 21.2. The quantitative estimate of drug-likeness (QED) is 0.0255. The van der Waals surface area contributed by atoms with Gasteiger partial charge in [0, 0.05) is 100.0 Å². The normalized spacial score (nSPS) is 15.0. The highest BCUT2D eigenvalue weighted by molar-refractivity contribution is 8.76. The maximum absolute atomic E-state index is 12.5. The molecular weight excluding hydrogens is 809 g/mol. The average Bonchev–Trinajstić information content (AvgIpc) is 3.27. The van der Waals surface area contributed by atoms with E-state index in [9.17, 15) is 30.0 Å². The van der Waals surface area contributed by atoms with Gasteiger partial charge in [-0.2, -0.15) is 0 Å². The van der Waals surface area contributed by atoms with E-state index in [1.807, 2.05) is 70.7 Å². The van der Waals surface area contributed by atoms with Crippen LogP contribution in [0.4, 0.5) is 11.4 Å². The molecule has 2 heterocycles. The Kier molecular flexibility index (Phi) is 22.8. The molecule has 0 fully saturated rings. The number of amides is 2. The van der Waals surface area contributed by atoms with Gasteiger partial charge in [-0.3, -0.25) is 14.1 Å². The molecule has 3 aromatic rings. The second-order valence-corrected chi connectivity index (χ2v) is 17.7. The fourth-order valence-corrected chi connectivity index (χ4v) is 8.52. The molecule has 1 atom stereocenters. The zero-order valence-electron chi connectivity index (χ0n) is 35.6. The van der Waals surface area contributed by atoms with Crippen LogP contribution < -0.4 is 25.0 Å². The second-order valence-electron chi connectivity index (χ2n) is 15.0. The lowest BCUT2D eigenvalue weighted by Gasteiger charge is -2.31. The molecule has 12 nitrogen and oxygen atoms in total. The van der Waals surface area contributed by atoms with Crippen molar-refractivity contribution in [3.05, 3.63) is 120 Å². The highest BCUT2D eigenvalue weighted by Crippen LogP contribution is 2.21. The molecule has 1 aromatic heterocycles. The van der Waals surface area contributed by atoms with Crippen molar-refractivity contribution in [3.63, 3.8) is 0 Å². The summed E-state index contributed by atoms with van der Waals surface area (Å²) in [6.45, 7) is 5.86. The van der Waals surface area contributed by atoms with Crippen LogP contribution in [0.15, 0.2) is 103 Å². The number of aliphatic hydroxyl groups is 4. The second kappa shape index (κ2) is 28.2. The van der Waals surface area contributed by atoms with Crippen LogP contribution >= 0.6 is 21.6 Å². The number of carbonyl (C=O) groups is 2. The molecule has 0 aliphatic carbocycles. The summed E-state index contributed by atoms with van der Waals surface area (Å²) in [6, 6.07) is 20.2. The van der Waals surface area contributed by atoms with E-state index >= 15 is 0 Å². The van der Waals surface area contributed by atoms with Crippen LogP contribution in [0.25, 0.3) is 18.2 Å². The standard InChI is InChI=1S/C47H64N6O6S2/c1-53(32-20-43(21-33-53)9-7-41-12-16-45(17-13-41)52(29-36-56)30-37-57)31-3-5-47(59)49-23-39-61-60-38-22-48-46(58)4-2-24-50-25-18-42(19-26-50)8-6-40-10-14-44(15-11-40)51(27-34-54)28-35-55/h6-21,25-26,32,54-57H,2-5,22-24,27-31,33-39H2,1H3/p+2/b9-7+. The first-order valence-corrected chi connectivity index (χ1v) is 23.7. The number of pyridine rings is 1. The van der Waals surface area contributed by atoms with E-state index in [1.165, 1.54) is 0 Å². The molecule has 0 saturated heterocycles. The van der Waals surface area contributed by atoms with Crippen LogP contribution in [0.3, 0.4) is 0 Å². The summed E-state index contributed by atoms with van der Waals surface area (Å²) in [5, 5.41) is 43.2. The Morgan fingerprint density at radius 1 is 0.672 bits per heavy atom. The van der Waals surface area contributed by atoms with E-state index in [-0.39, 0.29) is 38.2 Å². The largest absolute Gasteiger partial charge is 0.395 e. The number of nitrogens with zero attached hydrogens (tertiary/aromatic N) is 4. The molecule has 1 unspecified atom stereocenters. The molecule has 14 heteroatoms. The minimum Gasteiger partial charge on any atom is -0.395 e. The number of anilines is 2. The fourth-order valence-electron chi connectivity index (χ4n) is 6.71. The number of allylic oxidation sites excluding steroid dienone is 3. The Morgan fingerprint density at radius 2 is 1.13 bits per heavy atom. The highest BCUT2D eigenvalue weighted by atomic mass is 33.1. The number of benzene rings is 2. The third-order valence-electron chi connectivity index (χ3n) is 10.2. The maximum Gasteiger partial charge on any atom is 0.220 e. The van der Waals surface area contributed by atoms with Crippen LogP contribution in [0.1, 0.15) is 42.4 Å². The first-order chi connectivity index (χ1) is 29.7. The molecule has 0 radical (unpaired) electrons. The first kappa shape index (κ1) is 49.2. The zero-order chi connectivity index (χ0) is 43.5. The minimum atomic E-state index is 0.0377. The van der Waals surface area contributed by atoms with Crippen LogP contribution in [0.2, 0.25) is 0 Å². The Bertz CT molecular complexity index is 1840. The summed E-state index contributed by atoms with van der Waals surface area (Å²) in [6.07, 6.45) is 21.5. The van der Waals surface area contributed by atoms with Crippen molar-refractivity contribution in [2.45, 2.75) is 32.2 Å². The van der Waals surface area contributed by atoms with Gasteiger partial charge in [-0.15, -0.1) is 0 Å². The molecular formula is C47H66N6O6S2+2. The number of rotatable bonds is 29. The van der Waals surface area contributed by atoms with Gasteiger partial charge < -0.3 is 40.9 Å². The molecule has 2 amide bonds. The van der Waals surface area contributed by atoms with E-state index in [0.717, 1.165) is 82.1 Å². The number of carbonyl (C=O) groups excluding carboxylic acids is 2. The average molecular weight is 875 g/mol. The van der Waals surface area contributed by atoms with Gasteiger partial charge >= 0.3 is 0 Å². The van der Waals surface area contributed by atoms with Gasteiger partial charge in [-0.25, -0.2) is 4.57 Å². The topological polar surface area (TPSA) is 149 Å². The van der Waals surface area contributed by atoms with Gasteiger partial charge in [-0.05, 0) is 58.7 Å². The van der Waals surface area contributed by atoms with Crippen LogP contribution in [0.5, 0.6) is 0 Å². The molecule has 0 bridgehead atoms. The molecule has 61 heavy (non-hydrogen) atoms. The number of nitrogens with one attached hydrogen (secondary N) is 2. The van der Waals surface area contributed by atoms with Gasteiger partial charge in [-0.1, -0.05) is 70.2 Å². The van der Waals surface area contributed by atoms with Crippen LogP contribution in [-0.4, -0.2) is 134 Å². The maximum atomic E-state index is 12.5. The van der Waals surface area contributed by atoms with Crippen LogP contribution in [0, 0.1) is 0 Å². The summed E-state index contributed by atoms with van der Waals surface area (Å²) < 4.78 is 2.85. The lowest BCUT2D eigenvalue weighted by molar-refractivity contribution is -0.854. The van der Waals surface area contributed by atoms with Gasteiger partial charge in [0.05, 0.1) is 46.2 Å². The molecule has 0 spiro atoms. The van der Waals surface area contributed by atoms with Gasteiger partial charge in [0.2, 0.25) is 11.8 Å². The summed E-state index contributed by atoms with van der Waals surface area (Å²) in [7, 11) is 5.60. The van der Waals surface area contributed by atoms with E-state index in [2.05, 4.69) is 77.0 Å². The number of likely N-dealkylation sites (N-methyl/N-ethyl adjacent to an activating group) is 1. The monoisotopic (exact) mass is 874 g/mol. The van der Waals surface area contributed by atoms with Crippen molar-refractivity contribution in [1.29, 1.82) is 0 Å². The number of aryl methyl sites for hydroxylation is 1. The molecule has 1 aliphatic heterocycles. The molecule has 2 aromatic carbocycles. The number of hydrogen-bond donors (Lipinski definition) is 6. The predicted molar refractivity (Wildman–Crippen MR) is 253 cm³/mol. The predicted octanol–water partition coefficient (Wildman–Crippen LogP) is 4.51. The van der Waals surface area contributed by atoms with Gasteiger partial charge in [0.25, 0.3) is 0 Å². The Balaban J connectivity index is 0.985. The van der Waals surface area contributed by atoms with E-state index in [1.54, 1.807) is 21.6 Å². The van der Waals surface area contributed by atoms with Crippen molar-refractivity contribution >= 4 is 63.0 Å². The Hall–Kier alpha value is -4.41. The Morgan fingerprint density at radius 3 is 1.59 bits per heavy atom. The highest BCUT2D eigenvalue weighted by Gasteiger charge is 2.20. The lowest BCUT2D eigenvalue weighted by atomic mass is 10.1. The van der Waals surface area contributed by atoms with Gasteiger partial charge in [0.1, 0.15) is 13.1 Å². The summed E-state index contributed by atoms with van der Waals surface area (Å²) in [5.41, 5.74) is 6.32. The number of hydrogen-bond acceptors (Lipinski definition) is 10. The summed E-state index contributed by atoms with van der Waals surface area (Å²) in [5.74, 6) is 1.77. The van der Waals surface area contributed by atoms with Crippen molar-refractivity contribution in [1.82, 2.24) is 10.6 Å². The Labute approximate surface area is 370 Å². The third kappa shape index (κ3) is 19.0. The van der Waals surface area contributed by atoms with Crippen LogP contribution in [-0.2, 0) is 16.1 Å². The molecule has 6 N–H and O–H groups in total.